The summed E-state index contributed by atoms with van der Waals surface area (Å²) in [5.41, 5.74) is 1.16. The molecular formula is C15H19FN2O. The maximum Gasteiger partial charge on any atom is 0.123 e. The van der Waals surface area contributed by atoms with Crippen LogP contribution in [0.1, 0.15) is 38.0 Å². The van der Waals surface area contributed by atoms with Crippen LogP contribution in [0.4, 0.5) is 4.39 Å². The number of rotatable bonds is 4. The number of aryl methyl sites for hydroxylation is 1. The number of nitrogens with zero attached hydrogens (tertiary/aromatic N) is 2. The predicted octanol–water partition coefficient (Wildman–Crippen LogP) is 3.05. The molecule has 3 nitrogen and oxygen atoms in total. The molecule has 0 aliphatic rings. The van der Waals surface area contributed by atoms with Crippen LogP contribution in [0, 0.1) is 5.82 Å². The van der Waals surface area contributed by atoms with E-state index < -0.39 is 11.5 Å². The van der Waals surface area contributed by atoms with E-state index >= 15 is 0 Å². The van der Waals surface area contributed by atoms with Gasteiger partial charge in [-0.2, -0.15) is 5.10 Å². The normalized spacial score (nSPS) is 13.5. The highest BCUT2D eigenvalue weighted by atomic mass is 19.1. The molecular weight excluding hydrogens is 243 g/mol. The Morgan fingerprint density at radius 3 is 2.47 bits per heavy atom. The van der Waals surface area contributed by atoms with Crippen molar-refractivity contribution in [3.05, 3.63) is 53.6 Å². The minimum atomic E-state index is -0.682. The summed E-state index contributed by atoms with van der Waals surface area (Å²) in [6, 6.07) is 6.25. The third kappa shape index (κ3) is 2.68. The average molecular weight is 262 g/mol. The summed E-state index contributed by atoms with van der Waals surface area (Å²) >= 11 is 0. The zero-order valence-corrected chi connectivity index (χ0v) is 11.5. The summed E-state index contributed by atoms with van der Waals surface area (Å²) in [5.74, 6) is -0.271. The quantitative estimate of drug-likeness (QED) is 0.919. The first kappa shape index (κ1) is 13.7. The number of hydrogen-bond acceptors (Lipinski definition) is 2. The summed E-state index contributed by atoms with van der Waals surface area (Å²) in [5, 5.41) is 14.7. The van der Waals surface area contributed by atoms with Crippen LogP contribution in [0.15, 0.2) is 36.7 Å². The molecule has 0 bridgehead atoms. The molecule has 4 heteroatoms. The molecule has 0 spiro atoms. The lowest BCUT2D eigenvalue weighted by atomic mass is 9.77. The van der Waals surface area contributed by atoms with E-state index in [0.717, 1.165) is 17.7 Å². The van der Waals surface area contributed by atoms with Crippen molar-refractivity contribution in [2.24, 2.45) is 0 Å². The van der Waals surface area contributed by atoms with Crippen LogP contribution in [0.3, 0.4) is 0 Å². The zero-order chi connectivity index (χ0) is 14.0. The second kappa shape index (κ2) is 5.13. The van der Waals surface area contributed by atoms with Crippen molar-refractivity contribution >= 4 is 0 Å². The first-order valence-electron chi connectivity index (χ1n) is 6.41. The summed E-state index contributed by atoms with van der Waals surface area (Å²) in [6.45, 7) is 6.64. The molecule has 0 radical (unpaired) electrons. The first-order valence-corrected chi connectivity index (χ1v) is 6.41. The van der Waals surface area contributed by atoms with Crippen LogP contribution in [-0.2, 0) is 12.0 Å². The Hall–Kier alpha value is -1.68. The van der Waals surface area contributed by atoms with Gasteiger partial charge in [-0.25, -0.2) is 4.39 Å². The van der Waals surface area contributed by atoms with Crippen LogP contribution in [0.25, 0.3) is 0 Å². The summed E-state index contributed by atoms with van der Waals surface area (Å²) in [6.07, 6.45) is 2.84. The van der Waals surface area contributed by atoms with Crippen LogP contribution in [-0.4, -0.2) is 14.9 Å². The standard InChI is InChI=1S/C15H19FN2O/c1-4-18-10-11(9-17-18)14(19)15(2,3)12-5-7-13(16)8-6-12/h5-10,14,19H,4H2,1-3H3. The Labute approximate surface area is 112 Å². The Bertz CT molecular complexity index is 546. The minimum absolute atomic E-state index is 0.271. The van der Waals surface area contributed by atoms with Gasteiger partial charge in [0.25, 0.3) is 0 Å². The molecule has 0 aliphatic carbocycles. The molecule has 0 aliphatic heterocycles. The lowest BCUT2D eigenvalue weighted by Crippen LogP contribution is -2.26. The molecule has 1 atom stereocenters. The molecule has 2 aromatic rings. The number of aromatic nitrogens is 2. The Kier molecular flexibility index (Phi) is 3.71. The third-order valence-electron chi connectivity index (χ3n) is 3.56. The van der Waals surface area contributed by atoms with Gasteiger partial charge in [0, 0.05) is 23.7 Å². The van der Waals surface area contributed by atoms with Gasteiger partial charge in [-0.05, 0) is 24.6 Å². The fourth-order valence-corrected chi connectivity index (χ4v) is 2.15. The van der Waals surface area contributed by atoms with Crippen LogP contribution in [0.2, 0.25) is 0 Å². The molecule has 19 heavy (non-hydrogen) atoms. The molecule has 1 unspecified atom stereocenters. The van der Waals surface area contributed by atoms with Crippen molar-refractivity contribution in [1.29, 1.82) is 0 Å². The van der Waals surface area contributed by atoms with E-state index in [-0.39, 0.29) is 5.82 Å². The number of benzene rings is 1. The molecule has 102 valence electrons. The number of aliphatic hydroxyl groups excluding tert-OH is 1. The molecule has 0 saturated heterocycles. The van der Waals surface area contributed by atoms with Crippen molar-refractivity contribution in [1.82, 2.24) is 9.78 Å². The van der Waals surface area contributed by atoms with Crippen molar-refractivity contribution in [2.75, 3.05) is 0 Å². The molecule has 1 aromatic heterocycles. The topological polar surface area (TPSA) is 38.0 Å². The van der Waals surface area contributed by atoms with Gasteiger partial charge in [0.1, 0.15) is 5.82 Å². The lowest BCUT2D eigenvalue weighted by molar-refractivity contribution is 0.100. The monoisotopic (exact) mass is 262 g/mol. The highest BCUT2D eigenvalue weighted by Crippen LogP contribution is 2.36. The van der Waals surface area contributed by atoms with Gasteiger partial charge in [0.15, 0.2) is 0 Å². The van der Waals surface area contributed by atoms with E-state index in [1.165, 1.54) is 12.1 Å². The van der Waals surface area contributed by atoms with Gasteiger partial charge in [0.2, 0.25) is 0 Å². The Balaban J connectivity index is 2.29. The molecule has 0 fully saturated rings. The van der Waals surface area contributed by atoms with Gasteiger partial charge >= 0.3 is 0 Å². The SMILES string of the molecule is CCn1cc(C(O)C(C)(C)c2ccc(F)cc2)cn1. The number of halogens is 1. The minimum Gasteiger partial charge on any atom is -0.387 e. The first-order chi connectivity index (χ1) is 8.95. The van der Waals surface area contributed by atoms with Gasteiger partial charge < -0.3 is 5.11 Å². The van der Waals surface area contributed by atoms with Gasteiger partial charge in [0.05, 0.1) is 12.3 Å². The number of hydrogen-bond donors (Lipinski definition) is 1. The fraction of sp³-hybridized carbons (Fsp3) is 0.400. The molecule has 1 N–H and O–H groups in total. The van der Waals surface area contributed by atoms with Crippen LogP contribution >= 0.6 is 0 Å². The van der Waals surface area contributed by atoms with Gasteiger partial charge in [-0.1, -0.05) is 26.0 Å². The van der Waals surface area contributed by atoms with Crippen LogP contribution < -0.4 is 0 Å². The molecule has 0 amide bonds. The van der Waals surface area contributed by atoms with E-state index in [9.17, 15) is 9.50 Å². The van der Waals surface area contributed by atoms with Crippen LogP contribution in [0.5, 0.6) is 0 Å². The summed E-state index contributed by atoms with van der Waals surface area (Å²) < 4.78 is 14.7. The fourth-order valence-electron chi connectivity index (χ4n) is 2.15. The maximum absolute atomic E-state index is 13.0. The zero-order valence-electron chi connectivity index (χ0n) is 11.5. The largest absolute Gasteiger partial charge is 0.387 e. The highest BCUT2D eigenvalue weighted by Gasteiger charge is 2.31. The Morgan fingerprint density at radius 1 is 1.32 bits per heavy atom. The van der Waals surface area contributed by atoms with E-state index in [2.05, 4.69) is 5.10 Å². The molecule has 2 rings (SSSR count). The second-order valence-corrected chi connectivity index (χ2v) is 5.26. The van der Waals surface area contributed by atoms with Crippen molar-refractivity contribution < 1.29 is 9.50 Å². The average Bonchev–Trinajstić information content (AvgIpc) is 2.87. The summed E-state index contributed by atoms with van der Waals surface area (Å²) in [7, 11) is 0. The lowest BCUT2D eigenvalue weighted by Gasteiger charge is -2.30. The molecule has 0 saturated carbocycles. The third-order valence-corrected chi connectivity index (χ3v) is 3.56. The molecule has 1 aromatic carbocycles. The van der Waals surface area contributed by atoms with E-state index in [1.807, 2.05) is 27.0 Å². The van der Waals surface area contributed by atoms with Crippen molar-refractivity contribution in [3.63, 3.8) is 0 Å². The van der Waals surface area contributed by atoms with E-state index in [0.29, 0.717) is 0 Å². The molecule has 1 heterocycles. The Morgan fingerprint density at radius 2 is 1.95 bits per heavy atom. The summed E-state index contributed by atoms with van der Waals surface area (Å²) in [4.78, 5) is 0. The van der Waals surface area contributed by atoms with E-state index in [1.54, 1.807) is 23.0 Å². The van der Waals surface area contributed by atoms with E-state index in [4.69, 9.17) is 0 Å². The second-order valence-electron chi connectivity index (χ2n) is 5.26. The number of aliphatic hydroxyl groups is 1. The predicted molar refractivity (Wildman–Crippen MR) is 72.3 cm³/mol. The maximum atomic E-state index is 13.0. The van der Waals surface area contributed by atoms with Crippen molar-refractivity contribution in [2.45, 2.75) is 38.8 Å². The van der Waals surface area contributed by atoms with Gasteiger partial charge in [-0.3, -0.25) is 4.68 Å². The highest BCUT2D eigenvalue weighted by molar-refractivity contribution is 5.29. The van der Waals surface area contributed by atoms with Crippen molar-refractivity contribution in [3.8, 4) is 0 Å². The van der Waals surface area contributed by atoms with Gasteiger partial charge in [-0.15, -0.1) is 0 Å². The smallest absolute Gasteiger partial charge is 0.123 e.